The van der Waals surface area contributed by atoms with Gasteiger partial charge >= 0.3 is 0 Å². The maximum atomic E-state index is 13.4. The molecule has 13 heavy (non-hydrogen) atoms. The van der Waals surface area contributed by atoms with Gasteiger partial charge in [0.15, 0.2) is 0 Å². The fraction of sp³-hybridized carbons (Fsp3) is 0.400. The van der Waals surface area contributed by atoms with Crippen molar-refractivity contribution >= 4 is 5.69 Å². The summed E-state index contributed by atoms with van der Waals surface area (Å²) in [6.45, 7) is 0.719. The van der Waals surface area contributed by atoms with E-state index in [4.69, 9.17) is 0 Å². The van der Waals surface area contributed by atoms with Crippen molar-refractivity contribution in [2.24, 2.45) is 0 Å². The van der Waals surface area contributed by atoms with Gasteiger partial charge in [-0.1, -0.05) is 6.07 Å². The van der Waals surface area contributed by atoms with Gasteiger partial charge < -0.3 is 5.32 Å². The first kappa shape index (κ1) is 8.48. The van der Waals surface area contributed by atoms with E-state index in [1.54, 1.807) is 12.1 Å². The Balaban J connectivity index is 2.48. The summed E-state index contributed by atoms with van der Waals surface area (Å²) >= 11 is 0. The summed E-state index contributed by atoms with van der Waals surface area (Å²) < 4.78 is 26.6. The Kier molecular flexibility index (Phi) is 2.17. The minimum Gasteiger partial charge on any atom is -0.385 e. The first-order chi connectivity index (χ1) is 6.29. The van der Waals surface area contributed by atoms with Crippen LogP contribution in [0.4, 0.5) is 14.5 Å². The maximum absolute atomic E-state index is 13.4. The molecule has 0 saturated heterocycles. The highest BCUT2D eigenvalue weighted by Gasteiger charge is 2.20. The molecule has 1 aliphatic rings. The molecular formula is C10H11F2N. The molecule has 1 N–H and O–H groups in total. The van der Waals surface area contributed by atoms with E-state index < -0.39 is 12.0 Å². The Bertz CT molecular complexity index is 312. The van der Waals surface area contributed by atoms with Gasteiger partial charge in [0.1, 0.15) is 12.0 Å². The monoisotopic (exact) mass is 183 g/mol. The zero-order chi connectivity index (χ0) is 9.26. The number of fused-ring (bicyclic) bond motifs is 1. The molecule has 3 heteroatoms. The van der Waals surface area contributed by atoms with Gasteiger partial charge in [0, 0.05) is 17.8 Å². The first-order valence-electron chi connectivity index (χ1n) is 4.45. The van der Waals surface area contributed by atoms with Crippen molar-refractivity contribution in [1.29, 1.82) is 0 Å². The molecule has 1 unspecified atom stereocenters. The summed E-state index contributed by atoms with van der Waals surface area (Å²) in [7, 11) is 0. The lowest BCUT2D eigenvalue weighted by atomic mass is 10.1. The van der Waals surface area contributed by atoms with E-state index in [9.17, 15) is 8.78 Å². The summed E-state index contributed by atoms with van der Waals surface area (Å²) in [6.07, 6.45) is -0.0119. The van der Waals surface area contributed by atoms with Crippen LogP contribution in [0.5, 0.6) is 0 Å². The van der Waals surface area contributed by atoms with Crippen molar-refractivity contribution in [3.63, 3.8) is 0 Å². The molecule has 0 spiro atoms. The third-order valence-corrected chi connectivity index (χ3v) is 2.32. The Hall–Kier alpha value is -1.12. The summed E-state index contributed by atoms with van der Waals surface area (Å²) in [5.74, 6) is -0.445. The number of nitrogens with one attached hydrogen (secondary N) is 1. The predicted octanol–water partition coefficient (Wildman–Crippen LogP) is 3.04. The zero-order valence-corrected chi connectivity index (χ0v) is 7.19. The number of hydrogen-bond acceptors (Lipinski definition) is 1. The molecule has 0 saturated carbocycles. The van der Waals surface area contributed by atoms with Crippen LogP contribution >= 0.6 is 0 Å². The molecule has 0 aromatic heterocycles. The summed E-state index contributed by atoms with van der Waals surface area (Å²) in [4.78, 5) is 0. The van der Waals surface area contributed by atoms with Gasteiger partial charge in [-0.3, -0.25) is 0 Å². The number of benzene rings is 1. The van der Waals surface area contributed by atoms with Gasteiger partial charge in [-0.25, -0.2) is 8.78 Å². The second-order valence-electron chi connectivity index (χ2n) is 3.24. The van der Waals surface area contributed by atoms with E-state index >= 15 is 0 Å². The third kappa shape index (κ3) is 1.50. The molecule has 1 aromatic carbocycles. The Morgan fingerprint density at radius 3 is 3.08 bits per heavy atom. The van der Waals surface area contributed by atoms with E-state index in [1.807, 2.05) is 0 Å². The molecule has 1 atom stereocenters. The SMILES string of the molecule is Fc1cccc2c1C(F)CCCN2. The molecule has 1 nitrogen and oxygen atoms in total. The smallest absolute Gasteiger partial charge is 0.131 e. The Morgan fingerprint density at radius 1 is 1.38 bits per heavy atom. The topological polar surface area (TPSA) is 12.0 Å². The molecule has 1 aliphatic heterocycles. The minimum absolute atomic E-state index is 0.194. The fourth-order valence-corrected chi connectivity index (χ4v) is 1.66. The number of halogens is 2. The highest BCUT2D eigenvalue weighted by Crippen LogP contribution is 2.33. The largest absolute Gasteiger partial charge is 0.385 e. The van der Waals surface area contributed by atoms with E-state index in [0.29, 0.717) is 12.1 Å². The van der Waals surface area contributed by atoms with Crippen molar-refractivity contribution in [1.82, 2.24) is 0 Å². The van der Waals surface area contributed by atoms with E-state index in [-0.39, 0.29) is 5.56 Å². The number of rotatable bonds is 0. The minimum atomic E-state index is -1.16. The highest BCUT2D eigenvalue weighted by molar-refractivity contribution is 5.53. The van der Waals surface area contributed by atoms with Crippen molar-refractivity contribution in [2.45, 2.75) is 19.0 Å². The highest BCUT2D eigenvalue weighted by atomic mass is 19.1. The number of hydrogen-bond donors (Lipinski definition) is 1. The molecule has 0 amide bonds. The molecule has 1 aromatic rings. The second kappa shape index (κ2) is 3.32. The van der Waals surface area contributed by atoms with Gasteiger partial charge in [-0.05, 0) is 25.0 Å². The van der Waals surface area contributed by atoms with Crippen molar-refractivity contribution in [2.75, 3.05) is 11.9 Å². The number of alkyl halides is 1. The lowest BCUT2D eigenvalue weighted by Gasteiger charge is -2.10. The maximum Gasteiger partial charge on any atom is 0.131 e. The molecule has 0 aliphatic carbocycles. The van der Waals surface area contributed by atoms with Crippen LogP contribution in [0.25, 0.3) is 0 Å². The molecule has 2 rings (SSSR count). The van der Waals surface area contributed by atoms with Crippen LogP contribution in [0.3, 0.4) is 0 Å². The number of anilines is 1. The summed E-state index contributed by atoms with van der Waals surface area (Å²) in [5.41, 5.74) is 0.796. The second-order valence-corrected chi connectivity index (χ2v) is 3.24. The average molecular weight is 183 g/mol. The van der Waals surface area contributed by atoms with Gasteiger partial charge in [0.25, 0.3) is 0 Å². The van der Waals surface area contributed by atoms with Gasteiger partial charge in [-0.2, -0.15) is 0 Å². The Morgan fingerprint density at radius 2 is 2.23 bits per heavy atom. The quantitative estimate of drug-likeness (QED) is 0.651. The van der Waals surface area contributed by atoms with Gasteiger partial charge in [0.05, 0.1) is 0 Å². The lowest BCUT2D eigenvalue weighted by Crippen LogP contribution is -2.00. The molecule has 0 fully saturated rings. The molecular weight excluding hydrogens is 172 g/mol. The fourth-order valence-electron chi connectivity index (χ4n) is 1.66. The normalized spacial score (nSPS) is 21.5. The lowest BCUT2D eigenvalue weighted by molar-refractivity contribution is 0.315. The van der Waals surface area contributed by atoms with Crippen LogP contribution in [0.1, 0.15) is 24.6 Å². The third-order valence-electron chi connectivity index (χ3n) is 2.32. The molecule has 70 valence electrons. The van der Waals surface area contributed by atoms with Crippen LogP contribution in [0, 0.1) is 5.82 Å². The van der Waals surface area contributed by atoms with E-state index in [2.05, 4.69) is 5.32 Å². The van der Waals surface area contributed by atoms with Crippen LogP contribution in [0.2, 0.25) is 0 Å². The Labute approximate surface area is 75.8 Å². The summed E-state index contributed by atoms with van der Waals surface area (Å²) in [5, 5.41) is 3.02. The van der Waals surface area contributed by atoms with Crippen molar-refractivity contribution in [3.05, 3.63) is 29.6 Å². The van der Waals surface area contributed by atoms with Crippen LogP contribution in [0.15, 0.2) is 18.2 Å². The van der Waals surface area contributed by atoms with Gasteiger partial charge in [-0.15, -0.1) is 0 Å². The van der Waals surface area contributed by atoms with Gasteiger partial charge in [0.2, 0.25) is 0 Å². The summed E-state index contributed by atoms with van der Waals surface area (Å²) in [6, 6.07) is 4.62. The average Bonchev–Trinajstić information content (AvgIpc) is 2.29. The van der Waals surface area contributed by atoms with E-state index in [0.717, 1.165) is 13.0 Å². The standard InChI is InChI=1S/C10H11F2N/c11-7-3-1-5-9-10(7)8(12)4-2-6-13-9/h1,3,5,8,13H,2,4,6H2. The van der Waals surface area contributed by atoms with E-state index in [1.165, 1.54) is 6.07 Å². The van der Waals surface area contributed by atoms with Crippen LogP contribution in [-0.2, 0) is 0 Å². The van der Waals surface area contributed by atoms with Crippen LogP contribution < -0.4 is 5.32 Å². The predicted molar refractivity (Wildman–Crippen MR) is 48.0 cm³/mol. The molecule has 1 heterocycles. The van der Waals surface area contributed by atoms with Crippen LogP contribution in [-0.4, -0.2) is 6.54 Å². The zero-order valence-electron chi connectivity index (χ0n) is 7.19. The molecule has 0 radical (unpaired) electrons. The van der Waals surface area contributed by atoms with Crippen molar-refractivity contribution in [3.8, 4) is 0 Å². The molecule has 0 bridgehead atoms. The first-order valence-corrected chi connectivity index (χ1v) is 4.45. The van der Waals surface area contributed by atoms with Crippen molar-refractivity contribution < 1.29 is 8.78 Å².